The first-order valence-corrected chi connectivity index (χ1v) is 5.24. The molecule has 0 aliphatic heterocycles. The molecule has 0 aliphatic carbocycles. The van der Waals surface area contributed by atoms with Crippen LogP contribution < -0.4 is 5.73 Å². The molecule has 2 rings (SSSR count). The molecule has 0 amide bonds. The van der Waals surface area contributed by atoms with Gasteiger partial charge in [0.05, 0.1) is 12.5 Å². The third-order valence-electron chi connectivity index (χ3n) is 1.94. The monoisotopic (exact) mass is 222 g/mol. The van der Waals surface area contributed by atoms with E-state index in [0.29, 0.717) is 17.1 Å². The van der Waals surface area contributed by atoms with Crippen molar-refractivity contribution in [3.63, 3.8) is 0 Å². The summed E-state index contributed by atoms with van der Waals surface area (Å²) < 4.78 is 1.04. The van der Waals surface area contributed by atoms with Crippen molar-refractivity contribution in [2.75, 3.05) is 5.73 Å². The Kier molecular flexibility index (Phi) is 2.32. The van der Waals surface area contributed by atoms with Crippen molar-refractivity contribution in [1.82, 2.24) is 0 Å². The first-order chi connectivity index (χ1) is 6.70. The Morgan fingerprint density at radius 2 is 2.21 bits per heavy atom. The van der Waals surface area contributed by atoms with E-state index >= 15 is 0 Å². The minimum absolute atomic E-state index is 0.427. The molecule has 0 fully saturated rings. The number of fused-ring (bicyclic) bond motifs is 1. The van der Waals surface area contributed by atoms with Crippen molar-refractivity contribution in [2.45, 2.75) is 6.42 Å². The average molecular weight is 223 g/mol. The molecule has 14 heavy (non-hydrogen) atoms. The fourth-order valence-corrected chi connectivity index (χ4v) is 2.71. The number of nitriles is 1. The van der Waals surface area contributed by atoms with Crippen LogP contribution in [0.4, 0.5) is 5.69 Å². The highest BCUT2D eigenvalue weighted by molar-refractivity contribution is 7.19. The Bertz CT molecular complexity index is 525. The molecule has 1 aromatic heterocycles. The molecule has 0 spiro atoms. The van der Waals surface area contributed by atoms with Crippen LogP contribution in [0.15, 0.2) is 18.2 Å². The van der Waals surface area contributed by atoms with Gasteiger partial charge in [-0.25, -0.2) is 0 Å². The maximum atomic E-state index is 8.57. The zero-order chi connectivity index (χ0) is 10.1. The summed E-state index contributed by atoms with van der Waals surface area (Å²) in [6.45, 7) is 0. The highest BCUT2D eigenvalue weighted by Crippen LogP contribution is 2.32. The van der Waals surface area contributed by atoms with E-state index in [1.807, 2.05) is 12.1 Å². The molecule has 70 valence electrons. The van der Waals surface area contributed by atoms with E-state index in [1.165, 1.54) is 0 Å². The number of nitrogens with zero attached hydrogens (tertiary/aromatic N) is 1. The van der Waals surface area contributed by atoms with E-state index in [0.717, 1.165) is 15.0 Å². The van der Waals surface area contributed by atoms with Crippen molar-refractivity contribution in [2.24, 2.45) is 0 Å². The lowest BCUT2D eigenvalue weighted by atomic mass is 10.2. The van der Waals surface area contributed by atoms with E-state index in [9.17, 15) is 0 Å². The fourth-order valence-electron chi connectivity index (χ4n) is 1.35. The lowest BCUT2D eigenvalue weighted by Crippen LogP contribution is -1.83. The Labute approximate surface area is 90.5 Å². The largest absolute Gasteiger partial charge is 0.398 e. The van der Waals surface area contributed by atoms with E-state index < -0.39 is 0 Å². The number of nitrogens with two attached hydrogens (primary N) is 1. The second-order valence-corrected chi connectivity index (χ2v) is 4.56. The molecule has 2 aromatic rings. The molecular formula is C10H7ClN2S. The lowest BCUT2D eigenvalue weighted by Gasteiger charge is -1.95. The Balaban J connectivity index is 2.66. The van der Waals surface area contributed by atoms with Crippen LogP contribution in [0.1, 0.15) is 4.88 Å². The highest BCUT2D eigenvalue weighted by Gasteiger charge is 2.05. The first-order valence-electron chi connectivity index (χ1n) is 4.05. The lowest BCUT2D eigenvalue weighted by molar-refractivity contribution is 1.32. The predicted octanol–water partition coefficient (Wildman–Crippen LogP) is 3.20. The van der Waals surface area contributed by atoms with Gasteiger partial charge in [-0.1, -0.05) is 11.6 Å². The molecular weight excluding hydrogens is 216 g/mol. The number of nitrogen functional groups attached to an aromatic ring is 1. The molecule has 0 bridgehead atoms. The number of hydrogen-bond acceptors (Lipinski definition) is 3. The third kappa shape index (κ3) is 1.54. The van der Waals surface area contributed by atoms with Gasteiger partial charge in [-0.2, -0.15) is 5.26 Å². The van der Waals surface area contributed by atoms with E-state index in [4.69, 9.17) is 22.6 Å². The number of halogens is 1. The summed E-state index contributed by atoms with van der Waals surface area (Å²) in [5, 5.41) is 10.2. The normalized spacial score (nSPS) is 10.3. The quantitative estimate of drug-likeness (QED) is 0.754. The molecule has 0 saturated carbocycles. The summed E-state index contributed by atoms with van der Waals surface area (Å²) in [5.74, 6) is 0. The molecule has 1 aromatic carbocycles. The topological polar surface area (TPSA) is 49.8 Å². The number of thiophene rings is 1. The average Bonchev–Trinajstić information content (AvgIpc) is 2.48. The van der Waals surface area contributed by atoms with Gasteiger partial charge in [-0.3, -0.25) is 0 Å². The van der Waals surface area contributed by atoms with Gasteiger partial charge < -0.3 is 5.73 Å². The molecule has 0 atom stereocenters. The molecule has 2 nitrogen and oxygen atoms in total. The van der Waals surface area contributed by atoms with E-state index in [-0.39, 0.29) is 0 Å². The van der Waals surface area contributed by atoms with Gasteiger partial charge in [0.2, 0.25) is 0 Å². The van der Waals surface area contributed by atoms with Gasteiger partial charge in [-0.15, -0.1) is 11.3 Å². The number of anilines is 1. The van der Waals surface area contributed by atoms with Crippen LogP contribution in [0, 0.1) is 11.3 Å². The molecule has 0 aliphatic rings. The molecule has 1 heterocycles. The van der Waals surface area contributed by atoms with Gasteiger partial charge in [0, 0.05) is 25.7 Å². The van der Waals surface area contributed by atoms with Crippen LogP contribution in [0.25, 0.3) is 10.1 Å². The SMILES string of the molecule is N#CCc1cc2c(N)cc(Cl)cc2s1. The number of hydrogen-bond donors (Lipinski definition) is 1. The molecule has 0 saturated heterocycles. The minimum atomic E-state index is 0.427. The maximum absolute atomic E-state index is 8.57. The van der Waals surface area contributed by atoms with Crippen molar-refractivity contribution in [1.29, 1.82) is 5.26 Å². The zero-order valence-corrected chi connectivity index (χ0v) is 8.82. The van der Waals surface area contributed by atoms with Crippen molar-refractivity contribution < 1.29 is 0 Å². The second-order valence-electron chi connectivity index (χ2n) is 2.95. The van der Waals surface area contributed by atoms with Crippen LogP contribution in [-0.4, -0.2) is 0 Å². The van der Waals surface area contributed by atoms with Crippen molar-refractivity contribution in [3.8, 4) is 6.07 Å². The minimum Gasteiger partial charge on any atom is -0.398 e. The molecule has 2 N–H and O–H groups in total. The Morgan fingerprint density at radius 3 is 2.93 bits per heavy atom. The van der Waals surface area contributed by atoms with Crippen LogP contribution >= 0.6 is 22.9 Å². The predicted molar refractivity (Wildman–Crippen MR) is 60.6 cm³/mol. The summed E-state index contributed by atoms with van der Waals surface area (Å²) in [6, 6.07) is 7.67. The zero-order valence-electron chi connectivity index (χ0n) is 7.25. The molecule has 0 radical (unpaired) electrons. The maximum Gasteiger partial charge on any atom is 0.0696 e. The first kappa shape index (κ1) is 9.32. The van der Waals surface area contributed by atoms with Crippen molar-refractivity contribution in [3.05, 3.63) is 28.1 Å². The van der Waals surface area contributed by atoms with E-state index in [2.05, 4.69) is 6.07 Å². The molecule has 4 heteroatoms. The number of benzene rings is 1. The summed E-state index contributed by atoms with van der Waals surface area (Å²) >= 11 is 7.44. The van der Waals surface area contributed by atoms with Gasteiger partial charge in [-0.05, 0) is 18.2 Å². The van der Waals surface area contributed by atoms with Crippen LogP contribution in [-0.2, 0) is 6.42 Å². The summed E-state index contributed by atoms with van der Waals surface area (Å²) in [4.78, 5) is 1.02. The highest BCUT2D eigenvalue weighted by atomic mass is 35.5. The van der Waals surface area contributed by atoms with Crippen LogP contribution in [0.2, 0.25) is 5.02 Å². The van der Waals surface area contributed by atoms with Crippen molar-refractivity contribution >= 4 is 38.7 Å². The Hall–Kier alpha value is -1.24. The smallest absolute Gasteiger partial charge is 0.0696 e. The van der Waals surface area contributed by atoms with Gasteiger partial charge >= 0.3 is 0 Å². The fraction of sp³-hybridized carbons (Fsp3) is 0.100. The van der Waals surface area contributed by atoms with Gasteiger partial charge in [0.1, 0.15) is 0 Å². The van der Waals surface area contributed by atoms with E-state index in [1.54, 1.807) is 17.4 Å². The van der Waals surface area contributed by atoms with Gasteiger partial charge in [0.15, 0.2) is 0 Å². The van der Waals surface area contributed by atoms with Crippen LogP contribution in [0.3, 0.4) is 0 Å². The standard InChI is InChI=1S/C10H7ClN2S/c11-6-3-9(13)8-5-7(1-2-12)14-10(8)4-6/h3-5H,1,13H2. The third-order valence-corrected chi connectivity index (χ3v) is 3.24. The summed E-state index contributed by atoms with van der Waals surface area (Å²) in [7, 11) is 0. The molecule has 0 unspecified atom stereocenters. The second kappa shape index (κ2) is 3.49. The number of rotatable bonds is 1. The summed E-state index contributed by atoms with van der Waals surface area (Å²) in [6.07, 6.45) is 0.427. The van der Waals surface area contributed by atoms with Crippen LogP contribution in [0.5, 0.6) is 0 Å². The summed E-state index contributed by atoms with van der Waals surface area (Å²) in [5.41, 5.74) is 6.48. The Morgan fingerprint density at radius 1 is 1.43 bits per heavy atom. The van der Waals surface area contributed by atoms with Gasteiger partial charge in [0.25, 0.3) is 0 Å².